The predicted molar refractivity (Wildman–Crippen MR) is 104 cm³/mol. The molecule has 0 aliphatic rings. The third-order valence-corrected chi connectivity index (χ3v) is 4.08. The van der Waals surface area contributed by atoms with E-state index >= 15 is 0 Å². The Balaban J connectivity index is 1.87. The molecule has 0 amide bonds. The van der Waals surface area contributed by atoms with Gasteiger partial charge < -0.3 is 20.1 Å². The van der Waals surface area contributed by atoms with Gasteiger partial charge in [-0.3, -0.25) is 0 Å². The van der Waals surface area contributed by atoms with Crippen LogP contribution in [0.5, 0.6) is 11.5 Å². The Morgan fingerprint density at radius 3 is 2.54 bits per heavy atom. The van der Waals surface area contributed by atoms with Crippen LogP contribution in [0.25, 0.3) is 0 Å². The fourth-order valence-corrected chi connectivity index (χ4v) is 2.64. The normalized spacial score (nSPS) is 10.2. The molecule has 0 aromatic heterocycles. The summed E-state index contributed by atoms with van der Waals surface area (Å²) >= 11 is 11.3. The summed E-state index contributed by atoms with van der Waals surface area (Å²) in [5, 5.41) is 7.61. The lowest BCUT2D eigenvalue weighted by Gasteiger charge is -2.13. The first kappa shape index (κ1) is 18.4. The summed E-state index contributed by atoms with van der Waals surface area (Å²) in [4.78, 5) is 0. The number of hydrogen-bond donors (Lipinski definition) is 2. The predicted octanol–water partition coefficient (Wildman–Crippen LogP) is 4.19. The standard InChI is InChI=1S/C18H21ClN2O2S/c1-12-4-6-14(19)11-15(12)21-18(24)20-9-8-13-5-7-16(22-2)17(10-13)23-3/h4-7,10-11H,8-9H2,1-3H3,(H2,20,21,24). The van der Waals surface area contributed by atoms with Crippen LogP contribution in [0.15, 0.2) is 36.4 Å². The number of halogens is 1. The number of hydrogen-bond acceptors (Lipinski definition) is 3. The highest BCUT2D eigenvalue weighted by Crippen LogP contribution is 2.27. The van der Waals surface area contributed by atoms with E-state index in [2.05, 4.69) is 10.6 Å². The zero-order valence-electron chi connectivity index (χ0n) is 14.0. The fraction of sp³-hybridized carbons (Fsp3) is 0.278. The number of rotatable bonds is 6. The van der Waals surface area contributed by atoms with E-state index in [1.54, 1.807) is 14.2 Å². The lowest BCUT2D eigenvalue weighted by atomic mass is 10.1. The Hall–Kier alpha value is -1.98. The molecule has 0 atom stereocenters. The average molecular weight is 365 g/mol. The van der Waals surface area contributed by atoms with Crippen LogP contribution in [0, 0.1) is 6.92 Å². The van der Waals surface area contributed by atoms with Gasteiger partial charge in [0.1, 0.15) is 0 Å². The average Bonchev–Trinajstić information content (AvgIpc) is 2.58. The van der Waals surface area contributed by atoms with Crippen LogP contribution < -0.4 is 20.1 Å². The number of aryl methyl sites for hydroxylation is 1. The second kappa shape index (κ2) is 8.76. The molecule has 2 N–H and O–H groups in total. The Morgan fingerprint density at radius 1 is 1.08 bits per heavy atom. The van der Waals surface area contributed by atoms with Crippen molar-refractivity contribution < 1.29 is 9.47 Å². The maximum atomic E-state index is 6.01. The van der Waals surface area contributed by atoms with Crippen molar-refractivity contribution in [2.24, 2.45) is 0 Å². The topological polar surface area (TPSA) is 42.5 Å². The molecular weight excluding hydrogens is 344 g/mol. The van der Waals surface area contributed by atoms with Gasteiger partial charge in [0.25, 0.3) is 0 Å². The fourth-order valence-electron chi connectivity index (χ4n) is 2.25. The highest BCUT2D eigenvalue weighted by Gasteiger charge is 2.05. The molecule has 6 heteroatoms. The van der Waals surface area contributed by atoms with Crippen LogP contribution in [-0.2, 0) is 6.42 Å². The second-order valence-electron chi connectivity index (χ2n) is 5.28. The minimum Gasteiger partial charge on any atom is -0.493 e. The van der Waals surface area contributed by atoms with E-state index in [9.17, 15) is 0 Å². The molecule has 128 valence electrons. The van der Waals surface area contributed by atoms with Gasteiger partial charge in [-0.05, 0) is 61.0 Å². The van der Waals surface area contributed by atoms with Gasteiger partial charge in [0.05, 0.1) is 14.2 Å². The molecule has 2 aromatic carbocycles. The van der Waals surface area contributed by atoms with Gasteiger partial charge in [0.15, 0.2) is 16.6 Å². The lowest BCUT2D eigenvalue weighted by Crippen LogP contribution is -2.30. The van der Waals surface area contributed by atoms with E-state index in [0.29, 0.717) is 16.7 Å². The summed E-state index contributed by atoms with van der Waals surface area (Å²) in [6.07, 6.45) is 0.816. The van der Waals surface area contributed by atoms with Gasteiger partial charge in [0, 0.05) is 17.3 Å². The van der Waals surface area contributed by atoms with Crippen molar-refractivity contribution in [2.75, 3.05) is 26.1 Å². The zero-order valence-corrected chi connectivity index (χ0v) is 15.6. The molecule has 0 spiro atoms. The molecule has 24 heavy (non-hydrogen) atoms. The van der Waals surface area contributed by atoms with E-state index in [4.69, 9.17) is 33.3 Å². The van der Waals surface area contributed by atoms with E-state index < -0.39 is 0 Å². The molecule has 0 aliphatic heterocycles. The quantitative estimate of drug-likeness (QED) is 0.752. The minimum absolute atomic E-state index is 0.570. The van der Waals surface area contributed by atoms with Crippen molar-refractivity contribution in [3.8, 4) is 11.5 Å². The van der Waals surface area contributed by atoms with Gasteiger partial charge in [-0.1, -0.05) is 23.7 Å². The molecule has 0 radical (unpaired) electrons. The van der Waals surface area contributed by atoms with Gasteiger partial charge in [0.2, 0.25) is 0 Å². The molecule has 0 bridgehead atoms. The molecule has 0 aliphatic carbocycles. The minimum atomic E-state index is 0.570. The molecule has 2 rings (SSSR count). The lowest BCUT2D eigenvalue weighted by molar-refractivity contribution is 0.354. The van der Waals surface area contributed by atoms with Crippen LogP contribution in [0.2, 0.25) is 5.02 Å². The van der Waals surface area contributed by atoms with Gasteiger partial charge in [-0.15, -0.1) is 0 Å². The Bertz CT molecular complexity index is 722. The SMILES string of the molecule is COc1ccc(CCNC(=S)Nc2cc(Cl)ccc2C)cc1OC. The van der Waals surface area contributed by atoms with Crippen LogP contribution in [0.3, 0.4) is 0 Å². The first-order chi connectivity index (χ1) is 11.5. The number of ether oxygens (including phenoxy) is 2. The number of methoxy groups -OCH3 is 2. The molecular formula is C18H21ClN2O2S. The van der Waals surface area contributed by atoms with Crippen LogP contribution in [0.4, 0.5) is 5.69 Å². The van der Waals surface area contributed by atoms with Crippen molar-refractivity contribution in [2.45, 2.75) is 13.3 Å². The molecule has 2 aromatic rings. The number of thiocarbonyl (C=S) groups is 1. The van der Waals surface area contributed by atoms with Gasteiger partial charge in [-0.2, -0.15) is 0 Å². The number of benzene rings is 2. The van der Waals surface area contributed by atoms with Gasteiger partial charge in [-0.25, -0.2) is 0 Å². The van der Waals surface area contributed by atoms with Crippen LogP contribution >= 0.6 is 23.8 Å². The maximum Gasteiger partial charge on any atom is 0.170 e. The zero-order chi connectivity index (χ0) is 17.5. The molecule has 0 unspecified atom stereocenters. The number of nitrogens with one attached hydrogen (secondary N) is 2. The Labute approximate surface area is 153 Å². The summed E-state index contributed by atoms with van der Waals surface area (Å²) in [5.74, 6) is 1.45. The molecule has 0 saturated carbocycles. The van der Waals surface area contributed by atoms with Crippen molar-refractivity contribution in [3.63, 3.8) is 0 Å². The van der Waals surface area contributed by atoms with Crippen molar-refractivity contribution >= 4 is 34.6 Å². The van der Waals surface area contributed by atoms with E-state index in [1.807, 2.05) is 43.3 Å². The highest BCUT2D eigenvalue weighted by molar-refractivity contribution is 7.80. The van der Waals surface area contributed by atoms with Crippen LogP contribution in [0.1, 0.15) is 11.1 Å². The maximum absolute atomic E-state index is 6.01. The first-order valence-electron chi connectivity index (χ1n) is 7.55. The number of anilines is 1. The smallest absolute Gasteiger partial charge is 0.170 e. The molecule has 4 nitrogen and oxygen atoms in total. The Morgan fingerprint density at radius 2 is 1.83 bits per heavy atom. The molecule has 0 heterocycles. The van der Waals surface area contributed by atoms with Crippen molar-refractivity contribution in [3.05, 3.63) is 52.5 Å². The summed E-state index contributed by atoms with van der Waals surface area (Å²) in [6.45, 7) is 2.71. The van der Waals surface area contributed by atoms with E-state index in [-0.39, 0.29) is 0 Å². The summed E-state index contributed by atoms with van der Waals surface area (Å²) in [5.41, 5.74) is 3.14. The van der Waals surface area contributed by atoms with Crippen molar-refractivity contribution in [1.82, 2.24) is 5.32 Å². The third-order valence-electron chi connectivity index (χ3n) is 3.60. The second-order valence-corrected chi connectivity index (χ2v) is 6.12. The Kier molecular flexibility index (Phi) is 6.70. The van der Waals surface area contributed by atoms with Gasteiger partial charge >= 0.3 is 0 Å². The monoisotopic (exact) mass is 364 g/mol. The third kappa shape index (κ3) is 5.01. The van der Waals surface area contributed by atoms with E-state index in [1.165, 1.54) is 0 Å². The first-order valence-corrected chi connectivity index (χ1v) is 8.34. The van der Waals surface area contributed by atoms with Crippen LogP contribution in [-0.4, -0.2) is 25.9 Å². The summed E-state index contributed by atoms with van der Waals surface area (Å²) in [6, 6.07) is 11.6. The molecule has 0 saturated heterocycles. The summed E-state index contributed by atoms with van der Waals surface area (Å²) in [7, 11) is 3.26. The summed E-state index contributed by atoms with van der Waals surface area (Å²) < 4.78 is 10.6. The largest absolute Gasteiger partial charge is 0.493 e. The highest BCUT2D eigenvalue weighted by atomic mass is 35.5. The van der Waals surface area contributed by atoms with E-state index in [0.717, 1.165) is 34.7 Å². The van der Waals surface area contributed by atoms with Crippen molar-refractivity contribution in [1.29, 1.82) is 0 Å². The molecule has 0 fully saturated rings.